The summed E-state index contributed by atoms with van der Waals surface area (Å²) in [5, 5.41) is 0. The zero-order valence-corrected chi connectivity index (χ0v) is 15.3. The molecule has 4 rings (SSSR count). The molecule has 0 saturated carbocycles. The van der Waals surface area contributed by atoms with Crippen molar-refractivity contribution in [1.82, 2.24) is 0 Å². The quantitative estimate of drug-likeness (QED) is 0.789. The predicted molar refractivity (Wildman–Crippen MR) is 104 cm³/mol. The number of benzene rings is 2. The van der Waals surface area contributed by atoms with E-state index in [1.54, 1.807) is 0 Å². The number of aryl methyl sites for hydroxylation is 1. The van der Waals surface area contributed by atoms with Crippen LogP contribution >= 0.6 is 0 Å². The molecule has 2 aromatic carbocycles. The van der Waals surface area contributed by atoms with Gasteiger partial charge in [-0.3, -0.25) is 0 Å². The molecule has 0 amide bonds. The van der Waals surface area contributed by atoms with Gasteiger partial charge in [0.2, 0.25) is 0 Å². The number of hydrogen-bond donors (Lipinski definition) is 0. The molecular formula is C20H24B2O4. The lowest BCUT2D eigenvalue weighted by atomic mass is 9.74. The van der Waals surface area contributed by atoms with Gasteiger partial charge in [0, 0.05) is 26.4 Å². The first-order chi connectivity index (χ1) is 12.8. The topological polar surface area (TPSA) is 36.9 Å². The monoisotopic (exact) mass is 350 g/mol. The fourth-order valence-corrected chi connectivity index (χ4v) is 3.49. The first-order valence-corrected chi connectivity index (χ1v) is 9.44. The van der Waals surface area contributed by atoms with Crippen molar-refractivity contribution in [3.8, 4) is 0 Å². The minimum Gasteiger partial charge on any atom is -0.407 e. The van der Waals surface area contributed by atoms with Crippen LogP contribution in [0.5, 0.6) is 0 Å². The molecule has 0 bridgehead atoms. The standard InChI is InChI=1S/C20H24B2O4/c1-16-7-8-18(15-20(16)22-25-11-4-12-26-22)13-17-5-2-6-19(14-17)21-23-9-3-10-24-21/h2,5-8,14-15H,3-4,9-13H2,1H3. The van der Waals surface area contributed by atoms with Crippen LogP contribution in [0.4, 0.5) is 0 Å². The first-order valence-electron chi connectivity index (χ1n) is 9.44. The molecule has 0 atom stereocenters. The van der Waals surface area contributed by atoms with Crippen LogP contribution in [0, 0.1) is 6.92 Å². The molecule has 2 aliphatic rings. The zero-order chi connectivity index (χ0) is 17.8. The van der Waals surface area contributed by atoms with Gasteiger partial charge in [0.25, 0.3) is 0 Å². The van der Waals surface area contributed by atoms with Crippen molar-refractivity contribution in [2.24, 2.45) is 0 Å². The summed E-state index contributed by atoms with van der Waals surface area (Å²) in [6.45, 7) is 5.16. The third-order valence-corrected chi connectivity index (χ3v) is 4.88. The van der Waals surface area contributed by atoms with Gasteiger partial charge < -0.3 is 18.6 Å². The SMILES string of the molecule is Cc1ccc(Cc2cccc(B3OCCCO3)c2)cc1B1OCCCO1. The van der Waals surface area contributed by atoms with Gasteiger partial charge in [-0.05, 0) is 48.2 Å². The van der Waals surface area contributed by atoms with E-state index < -0.39 is 0 Å². The highest BCUT2D eigenvalue weighted by molar-refractivity contribution is 6.62. The fraction of sp³-hybridized carbons (Fsp3) is 0.400. The second-order valence-corrected chi connectivity index (χ2v) is 6.97. The minimum atomic E-state index is -0.237. The van der Waals surface area contributed by atoms with Crippen molar-refractivity contribution >= 4 is 25.2 Å². The Labute approximate surface area is 156 Å². The van der Waals surface area contributed by atoms with Crippen molar-refractivity contribution < 1.29 is 18.6 Å². The van der Waals surface area contributed by atoms with Crippen LogP contribution in [0.3, 0.4) is 0 Å². The Morgan fingerprint density at radius 3 is 2.15 bits per heavy atom. The summed E-state index contributed by atoms with van der Waals surface area (Å²) in [5.41, 5.74) is 5.94. The second-order valence-electron chi connectivity index (χ2n) is 6.97. The van der Waals surface area contributed by atoms with Crippen LogP contribution in [0.2, 0.25) is 0 Å². The molecule has 0 spiro atoms. The van der Waals surface area contributed by atoms with Gasteiger partial charge in [-0.15, -0.1) is 0 Å². The molecular weight excluding hydrogens is 326 g/mol. The number of hydrogen-bond acceptors (Lipinski definition) is 4. The van der Waals surface area contributed by atoms with Gasteiger partial charge in [0.1, 0.15) is 0 Å². The third kappa shape index (κ3) is 4.21. The van der Waals surface area contributed by atoms with Crippen molar-refractivity contribution in [3.63, 3.8) is 0 Å². The van der Waals surface area contributed by atoms with Crippen LogP contribution in [0.25, 0.3) is 0 Å². The van der Waals surface area contributed by atoms with E-state index in [1.807, 2.05) is 0 Å². The van der Waals surface area contributed by atoms with Crippen LogP contribution < -0.4 is 10.9 Å². The van der Waals surface area contributed by atoms with Gasteiger partial charge in [-0.25, -0.2) is 0 Å². The average Bonchev–Trinajstić information content (AvgIpc) is 2.71. The summed E-state index contributed by atoms with van der Waals surface area (Å²) in [4.78, 5) is 0. The smallest absolute Gasteiger partial charge is 0.407 e. The minimum absolute atomic E-state index is 0.235. The Kier molecular flexibility index (Phi) is 5.75. The molecule has 26 heavy (non-hydrogen) atoms. The van der Waals surface area contributed by atoms with E-state index in [-0.39, 0.29) is 14.2 Å². The molecule has 0 aliphatic carbocycles. The summed E-state index contributed by atoms with van der Waals surface area (Å²) in [6.07, 6.45) is 2.79. The van der Waals surface area contributed by atoms with E-state index >= 15 is 0 Å². The van der Waals surface area contributed by atoms with E-state index in [0.717, 1.165) is 56.6 Å². The molecule has 0 radical (unpaired) electrons. The maximum absolute atomic E-state index is 5.79. The van der Waals surface area contributed by atoms with Gasteiger partial charge in [-0.2, -0.15) is 0 Å². The van der Waals surface area contributed by atoms with Crippen molar-refractivity contribution in [2.75, 3.05) is 26.4 Å². The average molecular weight is 350 g/mol. The van der Waals surface area contributed by atoms with Gasteiger partial charge in [0.05, 0.1) is 0 Å². The normalized spacial score (nSPS) is 18.2. The van der Waals surface area contributed by atoms with E-state index in [0.29, 0.717) is 0 Å². The molecule has 2 saturated heterocycles. The predicted octanol–water partition coefficient (Wildman–Crippen LogP) is 1.85. The van der Waals surface area contributed by atoms with Crippen molar-refractivity contribution in [3.05, 3.63) is 59.2 Å². The van der Waals surface area contributed by atoms with Crippen molar-refractivity contribution in [2.45, 2.75) is 26.2 Å². The molecule has 0 unspecified atom stereocenters. The van der Waals surface area contributed by atoms with Crippen LogP contribution in [-0.4, -0.2) is 40.7 Å². The Morgan fingerprint density at radius 1 is 0.769 bits per heavy atom. The largest absolute Gasteiger partial charge is 0.494 e. The maximum atomic E-state index is 5.79. The van der Waals surface area contributed by atoms with E-state index in [9.17, 15) is 0 Å². The van der Waals surface area contributed by atoms with Crippen LogP contribution in [0.15, 0.2) is 42.5 Å². The molecule has 2 fully saturated rings. The van der Waals surface area contributed by atoms with E-state index in [1.165, 1.54) is 16.7 Å². The summed E-state index contributed by atoms with van der Waals surface area (Å²) < 4.78 is 23.0. The first kappa shape index (κ1) is 17.8. The lowest BCUT2D eigenvalue weighted by Crippen LogP contribution is -2.42. The highest BCUT2D eigenvalue weighted by Crippen LogP contribution is 2.12. The Morgan fingerprint density at radius 2 is 1.42 bits per heavy atom. The van der Waals surface area contributed by atoms with E-state index in [2.05, 4.69) is 49.4 Å². The van der Waals surface area contributed by atoms with Crippen molar-refractivity contribution in [1.29, 1.82) is 0 Å². The molecule has 2 aliphatic heterocycles. The summed E-state index contributed by atoms with van der Waals surface area (Å²) in [5.74, 6) is 0. The lowest BCUT2D eigenvalue weighted by Gasteiger charge is -2.22. The highest BCUT2D eigenvalue weighted by atomic mass is 16.6. The molecule has 0 aromatic heterocycles. The van der Waals surface area contributed by atoms with Gasteiger partial charge in [-0.1, -0.05) is 48.0 Å². The van der Waals surface area contributed by atoms with E-state index in [4.69, 9.17) is 18.6 Å². The fourth-order valence-electron chi connectivity index (χ4n) is 3.49. The number of rotatable bonds is 4. The van der Waals surface area contributed by atoms with Gasteiger partial charge >= 0.3 is 14.2 Å². The summed E-state index contributed by atoms with van der Waals surface area (Å²) in [6, 6.07) is 15.0. The maximum Gasteiger partial charge on any atom is 0.494 e. The Hall–Kier alpha value is -1.59. The summed E-state index contributed by atoms with van der Waals surface area (Å²) in [7, 11) is -0.472. The van der Waals surface area contributed by atoms with Gasteiger partial charge in [0.15, 0.2) is 0 Å². The molecule has 4 nitrogen and oxygen atoms in total. The van der Waals surface area contributed by atoms with Crippen LogP contribution in [-0.2, 0) is 25.0 Å². The Balaban J connectivity index is 1.51. The molecule has 2 heterocycles. The zero-order valence-electron chi connectivity index (χ0n) is 15.3. The lowest BCUT2D eigenvalue weighted by molar-refractivity contribution is 0.143. The molecule has 0 N–H and O–H groups in total. The highest BCUT2D eigenvalue weighted by Gasteiger charge is 2.27. The third-order valence-electron chi connectivity index (χ3n) is 4.88. The Bertz CT molecular complexity index is 740. The molecule has 6 heteroatoms. The molecule has 134 valence electrons. The van der Waals surface area contributed by atoms with Crippen LogP contribution in [0.1, 0.15) is 29.5 Å². The summed E-state index contributed by atoms with van der Waals surface area (Å²) >= 11 is 0. The second kappa shape index (κ2) is 8.40. The molecule has 2 aromatic rings.